The second-order valence-corrected chi connectivity index (χ2v) is 11.5. The Morgan fingerprint density at radius 1 is 0.978 bits per heavy atom. The molecule has 1 aliphatic carbocycles. The molecular weight excluding hydrogens is 629 g/mol. The van der Waals surface area contributed by atoms with Crippen LogP contribution >= 0.6 is 12.4 Å². The number of nitrogens with one attached hydrogen (secondary N) is 2. The SMILES string of the molecule is COCC1=C(C(=O)OC)C(c2ccc(F)c(F)c2)N(C(=O)N[C@@H]2CCN([C@H]3CC[C@H](c4ccc(F)cc4OC)CC3)C2)C(=O)N1.Cl. The van der Waals surface area contributed by atoms with Gasteiger partial charge in [-0.2, -0.15) is 0 Å². The van der Waals surface area contributed by atoms with Gasteiger partial charge in [0.15, 0.2) is 11.6 Å². The first kappa shape index (κ1) is 35.1. The van der Waals surface area contributed by atoms with Crippen LogP contribution in [0, 0.1) is 17.5 Å². The van der Waals surface area contributed by atoms with Crippen LogP contribution in [0.3, 0.4) is 0 Å². The van der Waals surface area contributed by atoms with Gasteiger partial charge >= 0.3 is 18.0 Å². The van der Waals surface area contributed by atoms with Gasteiger partial charge in [-0.25, -0.2) is 32.5 Å². The van der Waals surface area contributed by atoms with E-state index in [2.05, 4.69) is 15.5 Å². The topological polar surface area (TPSA) is 109 Å². The molecule has 2 N–H and O–H groups in total. The smallest absolute Gasteiger partial charge is 0.338 e. The third kappa shape index (κ3) is 7.26. The second-order valence-electron chi connectivity index (χ2n) is 11.5. The van der Waals surface area contributed by atoms with Gasteiger partial charge in [-0.1, -0.05) is 12.1 Å². The van der Waals surface area contributed by atoms with Crippen LogP contribution in [0.1, 0.15) is 55.2 Å². The number of nitrogens with zero attached hydrogens (tertiary/aromatic N) is 2. The lowest BCUT2D eigenvalue weighted by Crippen LogP contribution is -2.56. The average molecular weight is 667 g/mol. The molecule has 10 nitrogen and oxygen atoms in total. The zero-order chi connectivity index (χ0) is 32.2. The van der Waals surface area contributed by atoms with Gasteiger partial charge in [0.05, 0.1) is 32.1 Å². The van der Waals surface area contributed by atoms with E-state index in [1.807, 2.05) is 0 Å². The van der Waals surface area contributed by atoms with Crippen molar-refractivity contribution < 1.29 is 41.8 Å². The van der Waals surface area contributed by atoms with Crippen molar-refractivity contribution in [1.29, 1.82) is 0 Å². The van der Waals surface area contributed by atoms with Crippen LogP contribution in [-0.2, 0) is 14.3 Å². The van der Waals surface area contributed by atoms with Gasteiger partial charge in [-0.05, 0) is 67.3 Å². The molecule has 2 aromatic rings. The lowest BCUT2D eigenvalue weighted by atomic mass is 9.81. The number of hydrogen-bond acceptors (Lipinski definition) is 7. The molecule has 0 spiro atoms. The molecule has 2 heterocycles. The molecule has 0 bridgehead atoms. The molecule has 3 aliphatic rings. The summed E-state index contributed by atoms with van der Waals surface area (Å²) in [5.74, 6) is -2.69. The number of likely N-dealkylation sites (tertiary alicyclic amines) is 1. The van der Waals surface area contributed by atoms with Gasteiger partial charge in [0, 0.05) is 38.3 Å². The summed E-state index contributed by atoms with van der Waals surface area (Å²) in [7, 11) is 4.04. The highest BCUT2D eigenvalue weighted by Crippen LogP contribution is 2.40. The van der Waals surface area contributed by atoms with Crippen molar-refractivity contribution in [3.05, 3.63) is 76.2 Å². The third-order valence-corrected chi connectivity index (χ3v) is 8.90. The monoisotopic (exact) mass is 666 g/mol. The van der Waals surface area contributed by atoms with E-state index in [9.17, 15) is 27.6 Å². The van der Waals surface area contributed by atoms with E-state index in [1.165, 1.54) is 25.3 Å². The summed E-state index contributed by atoms with van der Waals surface area (Å²) in [6.45, 7) is 1.10. The van der Waals surface area contributed by atoms with Crippen LogP contribution in [0.4, 0.5) is 22.8 Å². The first-order valence-electron chi connectivity index (χ1n) is 14.9. The Hall–Kier alpha value is -3.81. The fourth-order valence-corrected chi connectivity index (χ4v) is 6.73. The molecule has 0 aromatic heterocycles. The maximum Gasteiger partial charge on any atom is 0.338 e. The number of esters is 1. The van der Waals surface area contributed by atoms with Gasteiger partial charge in [0.25, 0.3) is 0 Å². The predicted octanol–water partition coefficient (Wildman–Crippen LogP) is 5.18. The zero-order valence-corrected chi connectivity index (χ0v) is 26.6. The molecule has 14 heteroatoms. The normalized spacial score (nSPS) is 23.4. The Labute approximate surface area is 271 Å². The lowest BCUT2D eigenvalue weighted by molar-refractivity contribution is -0.137. The number of imide groups is 1. The number of rotatable bonds is 8. The van der Waals surface area contributed by atoms with E-state index in [0.717, 1.165) is 61.9 Å². The Bertz CT molecular complexity index is 1490. The molecule has 2 atom stereocenters. The van der Waals surface area contributed by atoms with E-state index in [-0.39, 0.29) is 53.6 Å². The van der Waals surface area contributed by atoms with Crippen LogP contribution in [-0.4, -0.2) is 80.9 Å². The molecule has 1 unspecified atom stereocenters. The Kier molecular flexibility index (Phi) is 11.6. The minimum Gasteiger partial charge on any atom is -0.496 e. The van der Waals surface area contributed by atoms with E-state index < -0.39 is 35.7 Å². The molecule has 2 aromatic carbocycles. The van der Waals surface area contributed by atoms with Gasteiger partial charge in [-0.15, -0.1) is 12.4 Å². The highest BCUT2D eigenvalue weighted by atomic mass is 35.5. The average Bonchev–Trinajstić information content (AvgIpc) is 3.50. The predicted molar refractivity (Wildman–Crippen MR) is 164 cm³/mol. The summed E-state index contributed by atoms with van der Waals surface area (Å²) >= 11 is 0. The summed E-state index contributed by atoms with van der Waals surface area (Å²) < 4.78 is 57.4. The van der Waals surface area contributed by atoms with Crippen LogP contribution in [0.5, 0.6) is 5.75 Å². The van der Waals surface area contributed by atoms with Crippen LogP contribution < -0.4 is 15.4 Å². The third-order valence-electron chi connectivity index (χ3n) is 8.90. The Morgan fingerprint density at radius 2 is 1.72 bits per heavy atom. The largest absolute Gasteiger partial charge is 0.496 e. The highest BCUT2D eigenvalue weighted by molar-refractivity contribution is 6.01. The summed E-state index contributed by atoms with van der Waals surface area (Å²) in [4.78, 5) is 43.1. The first-order valence-corrected chi connectivity index (χ1v) is 14.9. The molecule has 0 radical (unpaired) electrons. The minimum atomic E-state index is -1.40. The van der Waals surface area contributed by atoms with Crippen molar-refractivity contribution in [2.24, 2.45) is 0 Å². The first-order chi connectivity index (χ1) is 21.6. The molecule has 1 saturated carbocycles. The summed E-state index contributed by atoms with van der Waals surface area (Å²) in [5, 5.41) is 5.44. The molecule has 2 aliphatic heterocycles. The van der Waals surface area contributed by atoms with Gasteiger partial charge in [0.1, 0.15) is 17.6 Å². The standard InChI is InChI=1S/C32H37F3N4O6.ClH/c1-43-17-26-28(30(40)45-3)29(19-6-11-24(34)25(35)14-19)39(32(42)37-26)31(41)36-21-12-13-38(16-21)22-8-4-18(5-9-22)23-10-7-20(33)15-27(23)44-2;/h6-7,10-11,14-15,18,21-22,29H,4-5,8-9,12-13,16-17H2,1-3H3,(H,36,41)(H,37,42);1H/t18-,21-,22-,29?;/m1./s1. The molecular formula is C32H38ClF3N4O6. The maximum atomic E-state index is 14.4. The summed E-state index contributed by atoms with van der Waals surface area (Å²) in [5.41, 5.74) is 0.931. The van der Waals surface area contributed by atoms with Crippen molar-refractivity contribution in [3.8, 4) is 5.75 Å². The summed E-state index contributed by atoms with van der Waals surface area (Å²) in [6, 6.07) is 4.55. The van der Waals surface area contributed by atoms with Crippen LogP contribution in [0.2, 0.25) is 0 Å². The number of amides is 4. The van der Waals surface area contributed by atoms with Crippen molar-refractivity contribution in [3.63, 3.8) is 0 Å². The quantitative estimate of drug-likeness (QED) is 0.374. The van der Waals surface area contributed by atoms with Crippen molar-refractivity contribution in [1.82, 2.24) is 20.4 Å². The number of hydrogen-bond donors (Lipinski definition) is 2. The maximum absolute atomic E-state index is 14.4. The van der Waals surface area contributed by atoms with E-state index >= 15 is 0 Å². The Balaban J connectivity index is 0.00000480. The van der Waals surface area contributed by atoms with Crippen molar-refractivity contribution in [2.45, 2.75) is 56.1 Å². The fraction of sp³-hybridized carbons (Fsp3) is 0.469. The minimum absolute atomic E-state index is 0. The van der Waals surface area contributed by atoms with Crippen LogP contribution in [0.25, 0.3) is 0 Å². The zero-order valence-electron chi connectivity index (χ0n) is 25.8. The van der Waals surface area contributed by atoms with Gasteiger partial charge in [0.2, 0.25) is 0 Å². The van der Waals surface area contributed by atoms with Gasteiger partial charge < -0.3 is 24.8 Å². The molecule has 2 fully saturated rings. The van der Waals surface area contributed by atoms with E-state index in [1.54, 1.807) is 13.2 Å². The number of ether oxygens (including phenoxy) is 3. The number of methoxy groups -OCH3 is 3. The lowest BCUT2D eigenvalue weighted by Gasteiger charge is -2.37. The number of benzene rings is 2. The highest BCUT2D eigenvalue weighted by Gasteiger charge is 2.44. The summed E-state index contributed by atoms with van der Waals surface area (Å²) in [6.07, 6.45) is 4.31. The number of halogens is 4. The second kappa shape index (κ2) is 15.2. The van der Waals surface area contributed by atoms with E-state index in [0.29, 0.717) is 24.8 Å². The molecule has 46 heavy (non-hydrogen) atoms. The van der Waals surface area contributed by atoms with Crippen molar-refractivity contribution >= 4 is 30.4 Å². The Morgan fingerprint density at radius 3 is 2.37 bits per heavy atom. The number of carbonyl (C=O) groups is 3. The molecule has 4 amide bonds. The molecule has 250 valence electrons. The van der Waals surface area contributed by atoms with Gasteiger partial charge in [-0.3, -0.25) is 4.90 Å². The molecule has 5 rings (SSSR count). The number of carbonyl (C=O) groups excluding carboxylic acids is 3. The molecule has 1 saturated heterocycles. The van der Waals surface area contributed by atoms with Crippen molar-refractivity contribution in [2.75, 3.05) is 41.0 Å². The van der Waals surface area contributed by atoms with Crippen LogP contribution in [0.15, 0.2) is 47.7 Å². The van der Waals surface area contributed by atoms with E-state index in [4.69, 9.17) is 14.2 Å². The number of urea groups is 2. The fourth-order valence-electron chi connectivity index (χ4n) is 6.73.